The minimum atomic E-state index is -4.79. The highest BCUT2D eigenvalue weighted by atomic mass is 32.1. The SMILES string of the molecule is COC(=O)[C@@H]1COc2cc(N3C(=S)N(c4ccc(C#N)c(C(F)(F)F)c4)C(=O)C3(C)C)ccc2O1. The van der Waals surface area contributed by atoms with Gasteiger partial charge in [0, 0.05) is 11.8 Å². The van der Waals surface area contributed by atoms with E-state index >= 15 is 0 Å². The Morgan fingerprint density at radius 2 is 1.89 bits per heavy atom. The van der Waals surface area contributed by atoms with E-state index in [9.17, 15) is 22.8 Å². The minimum absolute atomic E-state index is 0.0538. The van der Waals surface area contributed by atoms with Crippen LogP contribution in [0.4, 0.5) is 24.5 Å². The van der Waals surface area contributed by atoms with Gasteiger partial charge in [-0.3, -0.25) is 9.69 Å². The molecule has 0 unspecified atom stereocenters. The molecule has 0 radical (unpaired) electrons. The van der Waals surface area contributed by atoms with Crippen molar-refractivity contribution in [3.8, 4) is 17.6 Å². The van der Waals surface area contributed by atoms with E-state index in [1.807, 2.05) is 0 Å². The number of alkyl halides is 3. The molecule has 8 nitrogen and oxygen atoms in total. The molecular weight excluding hydrogens is 487 g/mol. The Morgan fingerprint density at radius 1 is 1.20 bits per heavy atom. The van der Waals surface area contributed by atoms with Gasteiger partial charge in [-0.2, -0.15) is 18.4 Å². The Hall–Kier alpha value is -3.85. The van der Waals surface area contributed by atoms with Crippen molar-refractivity contribution in [1.29, 1.82) is 5.26 Å². The summed E-state index contributed by atoms with van der Waals surface area (Å²) in [4.78, 5) is 27.6. The summed E-state index contributed by atoms with van der Waals surface area (Å²) < 4.78 is 56.4. The third-order valence-electron chi connectivity index (χ3n) is 5.66. The van der Waals surface area contributed by atoms with Crippen LogP contribution in [0.3, 0.4) is 0 Å². The Kier molecular flexibility index (Phi) is 5.84. The number of methoxy groups -OCH3 is 1. The largest absolute Gasteiger partial charge is 0.485 e. The minimum Gasteiger partial charge on any atom is -0.485 e. The van der Waals surface area contributed by atoms with Crippen molar-refractivity contribution >= 4 is 40.6 Å². The van der Waals surface area contributed by atoms with Crippen LogP contribution >= 0.6 is 12.2 Å². The molecule has 0 aromatic heterocycles. The molecule has 0 N–H and O–H groups in total. The fourth-order valence-corrected chi connectivity index (χ4v) is 4.43. The number of ether oxygens (including phenoxy) is 3. The molecule has 2 aromatic rings. The van der Waals surface area contributed by atoms with E-state index in [1.165, 1.54) is 30.2 Å². The number of benzene rings is 2. The molecule has 0 bridgehead atoms. The Balaban J connectivity index is 1.71. The van der Waals surface area contributed by atoms with Crippen LogP contribution in [0.15, 0.2) is 36.4 Å². The van der Waals surface area contributed by atoms with Gasteiger partial charge in [0.2, 0.25) is 6.10 Å². The summed E-state index contributed by atoms with van der Waals surface area (Å²) in [6.07, 6.45) is -5.72. The number of thiocarbonyl (C=S) groups is 1. The van der Waals surface area contributed by atoms with Crippen molar-refractivity contribution < 1.29 is 37.0 Å². The van der Waals surface area contributed by atoms with Crippen molar-refractivity contribution in [3.63, 3.8) is 0 Å². The average molecular weight is 505 g/mol. The second-order valence-corrected chi connectivity index (χ2v) is 8.59. The van der Waals surface area contributed by atoms with E-state index in [1.54, 1.807) is 26.0 Å². The quantitative estimate of drug-likeness (QED) is 0.460. The summed E-state index contributed by atoms with van der Waals surface area (Å²) in [6, 6.07) is 9.19. The fourth-order valence-electron chi connectivity index (χ4n) is 3.91. The number of hydrogen-bond acceptors (Lipinski definition) is 7. The third kappa shape index (κ3) is 4.01. The van der Waals surface area contributed by atoms with Gasteiger partial charge < -0.3 is 19.1 Å². The first-order valence-electron chi connectivity index (χ1n) is 10.2. The maximum atomic E-state index is 13.5. The van der Waals surface area contributed by atoms with Gasteiger partial charge in [0.25, 0.3) is 5.91 Å². The van der Waals surface area contributed by atoms with Crippen LogP contribution in [-0.4, -0.2) is 42.3 Å². The summed E-state index contributed by atoms with van der Waals surface area (Å²) in [6.45, 7) is 3.08. The standard InChI is InChI=1S/C23H18F3N3O5S/c1-22(2)20(31)28(13-5-4-12(10-27)15(8-13)23(24,25)26)21(35)29(22)14-6-7-16-17(9-14)33-11-18(34-16)19(30)32-3/h4-9,18H,11H2,1-3H3/t18-/m0/s1. The number of carbonyl (C=O) groups excluding carboxylic acids is 2. The zero-order valence-corrected chi connectivity index (χ0v) is 19.5. The number of rotatable bonds is 3. The highest BCUT2D eigenvalue weighted by Gasteiger charge is 2.51. The molecule has 1 atom stereocenters. The molecule has 12 heteroatoms. The van der Waals surface area contributed by atoms with Crippen LogP contribution in [0, 0.1) is 11.3 Å². The Morgan fingerprint density at radius 3 is 2.51 bits per heavy atom. The number of fused-ring (bicyclic) bond motifs is 1. The molecular formula is C23H18F3N3O5S. The van der Waals surface area contributed by atoms with Gasteiger partial charge in [-0.15, -0.1) is 0 Å². The number of nitrogens with zero attached hydrogens (tertiary/aromatic N) is 3. The van der Waals surface area contributed by atoms with Crippen LogP contribution in [0.5, 0.6) is 11.5 Å². The molecule has 182 valence electrons. The number of carbonyl (C=O) groups is 2. The number of hydrogen-bond donors (Lipinski definition) is 0. The second-order valence-electron chi connectivity index (χ2n) is 8.23. The van der Waals surface area contributed by atoms with Crippen LogP contribution in [0.25, 0.3) is 0 Å². The van der Waals surface area contributed by atoms with Crippen molar-refractivity contribution in [2.75, 3.05) is 23.5 Å². The lowest BCUT2D eigenvalue weighted by atomic mass is 10.0. The van der Waals surface area contributed by atoms with Crippen LogP contribution in [0.1, 0.15) is 25.0 Å². The molecule has 2 heterocycles. The van der Waals surface area contributed by atoms with E-state index in [2.05, 4.69) is 4.74 Å². The summed E-state index contributed by atoms with van der Waals surface area (Å²) >= 11 is 5.52. The lowest BCUT2D eigenvalue weighted by Gasteiger charge is -2.31. The fraction of sp³-hybridized carbons (Fsp3) is 0.304. The topological polar surface area (TPSA) is 92.1 Å². The molecule has 2 aliphatic rings. The van der Waals surface area contributed by atoms with Gasteiger partial charge in [-0.25, -0.2) is 4.79 Å². The molecule has 0 saturated carbocycles. The number of amides is 1. The van der Waals surface area contributed by atoms with Crippen molar-refractivity contribution in [2.45, 2.75) is 31.7 Å². The van der Waals surface area contributed by atoms with E-state index in [4.69, 9.17) is 27.0 Å². The molecule has 2 aliphatic heterocycles. The Labute approximate surface area is 203 Å². The maximum Gasteiger partial charge on any atom is 0.417 e. The monoisotopic (exact) mass is 505 g/mol. The zero-order chi connectivity index (χ0) is 25.7. The molecule has 2 aromatic carbocycles. The zero-order valence-electron chi connectivity index (χ0n) is 18.7. The maximum absolute atomic E-state index is 13.5. The number of halogens is 3. The van der Waals surface area contributed by atoms with Crippen LogP contribution in [0.2, 0.25) is 0 Å². The smallest absolute Gasteiger partial charge is 0.417 e. The van der Waals surface area contributed by atoms with Crippen molar-refractivity contribution in [3.05, 3.63) is 47.5 Å². The van der Waals surface area contributed by atoms with Crippen molar-refractivity contribution in [1.82, 2.24) is 0 Å². The molecule has 1 amide bonds. The Bertz CT molecular complexity index is 1290. The van der Waals surface area contributed by atoms with Gasteiger partial charge in [0.05, 0.1) is 30.0 Å². The second kappa shape index (κ2) is 8.42. The summed E-state index contributed by atoms with van der Waals surface area (Å²) in [5, 5.41) is 9.01. The predicted molar refractivity (Wildman–Crippen MR) is 121 cm³/mol. The van der Waals surface area contributed by atoms with Gasteiger partial charge in [0.15, 0.2) is 16.6 Å². The molecule has 1 fully saturated rings. The summed E-state index contributed by atoms with van der Waals surface area (Å²) in [7, 11) is 1.23. The lowest BCUT2D eigenvalue weighted by Crippen LogP contribution is -2.44. The third-order valence-corrected chi connectivity index (χ3v) is 6.03. The first-order chi connectivity index (χ1) is 16.4. The molecule has 1 saturated heterocycles. The van der Waals surface area contributed by atoms with Crippen molar-refractivity contribution in [2.24, 2.45) is 0 Å². The predicted octanol–water partition coefficient (Wildman–Crippen LogP) is 3.81. The summed E-state index contributed by atoms with van der Waals surface area (Å²) in [5.74, 6) is -0.572. The molecule has 35 heavy (non-hydrogen) atoms. The van der Waals surface area contributed by atoms with Gasteiger partial charge in [0.1, 0.15) is 12.1 Å². The summed E-state index contributed by atoms with van der Waals surface area (Å²) in [5.41, 5.74) is -2.67. The highest BCUT2D eigenvalue weighted by molar-refractivity contribution is 7.81. The first-order valence-corrected chi connectivity index (χ1v) is 10.6. The van der Waals surface area contributed by atoms with E-state index in [-0.39, 0.29) is 23.2 Å². The molecule has 4 rings (SSSR count). The lowest BCUT2D eigenvalue weighted by molar-refractivity contribution is -0.151. The van der Waals surface area contributed by atoms with E-state index in [0.29, 0.717) is 11.4 Å². The van der Waals surface area contributed by atoms with E-state index in [0.717, 1.165) is 17.0 Å². The van der Waals surface area contributed by atoms with Crippen LogP contribution in [-0.2, 0) is 20.5 Å². The molecule has 0 spiro atoms. The average Bonchev–Trinajstić information content (AvgIpc) is 3.00. The van der Waals surface area contributed by atoms with Gasteiger partial charge in [-0.05, 0) is 56.4 Å². The molecule has 0 aliphatic carbocycles. The van der Waals surface area contributed by atoms with Crippen LogP contribution < -0.4 is 19.3 Å². The highest BCUT2D eigenvalue weighted by Crippen LogP contribution is 2.42. The normalized spacial score (nSPS) is 18.9. The number of esters is 1. The van der Waals surface area contributed by atoms with Gasteiger partial charge in [-0.1, -0.05) is 0 Å². The van der Waals surface area contributed by atoms with E-state index < -0.39 is 40.8 Å². The van der Waals surface area contributed by atoms with Gasteiger partial charge >= 0.3 is 12.1 Å². The number of anilines is 2. The first kappa shape index (κ1) is 24.3. The number of nitriles is 1.